The number of rotatable bonds is 5. The molecule has 0 saturated carbocycles. The maximum absolute atomic E-state index is 8.88. The molecular formula is C12H16N2S. The third-order valence-corrected chi connectivity index (χ3v) is 3.32. The monoisotopic (exact) mass is 220 g/mol. The van der Waals surface area contributed by atoms with Gasteiger partial charge in [-0.1, -0.05) is 19.1 Å². The first-order valence-electron chi connectivity index (χ1n) is 5.10. The smallest absolute Gasteiger partial charge is 0.0961 e. The minimum atomic E-state index is 0.0647. The molecule has 1 rings (SSSR count). The van der Waals surface area contributed by atoms with Gasteiger partial charge in [0, 0.05) is 11.4 Å². The van der Waals surface area contributed by atoms with Crippen LogP contribution in [0.5, 0.6) is 0 Å². The van der Waals surface area contributed by atoms with Crippen molar-refractivity contribution in [1.29, 1.82) is 5.26 Å². The lowest BCUT2D eigenvalue weighted by Gasteiger charge is -2.07. The van der Waals surface area contributed by atoms with E-state index in [-0.39, 0.29) is 5.25 Å². The van der Waals surface area contributed by atoms with Gasteiger partial charge in [0.15, 0.2) is 0 Å². The molecule has 1 aromatic rings. The van der Waals surface area contributed by atoms with Gasteiger partial charge in [0.25, 0.3) is 0 Å². The first-order valence-corrected chi connectivity index (χ1v) is 5.98. The molecule has 0 heterocycles. The Labute approximate surface area is 95.7 Å². The summed E-state index contributed by atoms with van der Waals surface area (Å²) in [5.41, 5.74) is 1.26. The van der Waals surface area contributed by atoms with E-state index in [0.29, 0.717) is 0 Å². The predicted octanol–water partition coefficient (Wildman–Crippen LogP) is 2.80. The zero-order valence-electron chi connectivity index (χ0n) is 9.16. The Morgan fingerprint density at radius 2 is 2.33 bits per heavy atom. The van der Waals surface area contributed by atoms with Crippen molar-refractivity contribution in [3.8, 4) is 6.07 Å². The van der Waals surface area contributed by atoms with Gasteiger partial charge >= 0.3 is 0 Å². The average Bonchev–Trinajstić information content (AvgIpc) is 2.27. The van der Waals surface area contributed by atoms with Crippen molar-refractivity contribution >= 4 is 11.8 Å². The minimum Gasteiger partial charge on any atom is -0.316 e. The molecule has 3 heteroatoms. The highest BCUT2D eigenvalue weighted by Gasteiger charge is 2.06. The zero-order valence-corrected chi connectivity index (χ0v) is 9.97. The molecule has 15 heavy (non-hydrogen) atoms. The van der Waals surface area contributed by atoms with Crippen molar-refractivity contribution in [2.24, 2.45) is 0 Å². The molecule has 1 atom stereocenters. The fourth-order valence-electron chi connectivity index (χ4n) is 1.30. The molecule has 1 N–H and O–H groups in total. The second-order valence-corrected chi connectivity index (χ2v) is 4.60. The van der Waals surface area contributed by atoms with Crippen LogP contribution in [0.2, 0.25) is 0 Å². The third kappa shape index (κ3) is 3.94. The van der Waals surface area contributed by atoms with Crippen molar-refractivity contribution in [1.82, 2.24) is 5.32 Å². The summed E-state index contributed by atoms with van der Waals surface area (Å²) < 4.78 is 0. The standard InChI is InChI=1S/C12H16N2S/c1-3-11(8-13)15-12-6-4-5-10(7-12)9-14-2/h4-7,11,14H,3,9H2,1-2H3. The van der Waals surface area contributed by atoms with E-state index in [4.69, 9.17) is 5.26 Å². The van der Waals surface area contributed by atoms with E-state index in [1.165, 1.54) is 10.5 Å². The fraction of sp³-hybridized carbons (Fsp3) is 0.417. The van der Waals surface area contributed by atoms with Gasteiger partial charge in [-0.25, -0.2) is 0 Å². The second-order valence-electron chi connectivity index (χ2n) is 3.32. The summed E-state index contributed by atoms with van der Waals surface area (Å²) in [4.78, 5) is 1.18. The summed E-state index contributed by atoms with van der Waals surface area (Å²) in [5.74, 6) is 0. The Hall–Kier alpha value is -0.980. The Bertz CT molecular complexity index is 344. The molecule has 0 saturated heterocycles. The minimum absolute atomic E-state index is 0.0647. The summed E-state index contributed by atoms with van der Waals surface area (Å²) in [6.07, 6.45) is 0.886. The van der Waals surface area contributed by atoms with Crippen LogP contribution < -0.4 is 5.32 Å². The molecule has 0 aliphatic carbocycles. The number of hydrogen-bond acceptors (Lipinski definition) is 3. The third-order valence-electron chi connectivity index (χ3n) is 2.07. The lowest BCUT2D eigenvalue weighted by molar-refractivity contribution is 0.815. The van der Waals surface area contributed by atoms with Crippen molar-refractivity contribution in [3.05, 3.63) is 29.8 Å². The lowest BCUT2D eigenvalue weighted by Crippen LogP contribution is -2.05. The molecule has 0 bridgehead atoms. The Morgan fingerprint density at radius 3 is 2.93 bits per heavy atom. The highest BCUT2D eigenvalue weighted by Crippen LogP contribution is 2.25. The number of nitrogens with zero attached hydrogens (tertiary/aromatic N) is 1. The van der Waals surface area contributed by atoms with Crippen molar-refractivity contribution < 1.29 is 0 Å². The van der Waals surface area contributed by atoms with Crippen molar-refractivity contribution in [2.75, 3.05) is 7.05 Å². The number of nitrogens with one attached hydrogen (secondary N) is 1. The molecule has 1 aromatic carbocycles. The van der Waals surface area contributed by atoms with Crippen LogP contribution in [-0.4, -0.2) is 12.3 Å². The van der Waals surface area contributed by atoms with E-state index in [9.17, 15) is 0 Å². The van der Waals surface area contributed by atoms with Gasteiger partial charge in [0.2, 0.25) is 0 Å². The molecular weight excluding hydrogens is 204 g/mol. The van der Waals surface area contributed by atoms with Crippen LogP contribution in [0.25, 0.3) is 0 Å². The van der Waals surface area contributed by atoms with Gasteiger partial charge < -0.3 is 5.32 Å². The van der Waals surface area contributed by atoms with Gasteiger partial charge in [0.05, 0.1) is 11.3 Å². The molecule has 80 valence electrons. The molecule has 0 fully saturated rings. The molecule has 0 radical (unpaired) electrons. The number of benzene rings is 1. The first kappa shape index (κ1) is 12.1. The van der Waals surface area contributed by atoms with Crippen LogP contribution in [0.4, 0.5) is 0 Å². The van der Waals surface area contributed by atoms with Gasteiger partial charge in [-0.3, -0.25) is 0 Å². The Balaban J connectivity index is 2.69. The van der Waals surface area contributed by atoms with Crippen molar-refractivity contribution in [2.45, 2.75) is 30.0 Å². The summed E-state index contributed by atoms with van der Waals surface area (Å²) in [6.45, 7) is 2.91. The Morgan fingerprint density at radius 1 is 1.53 bits per heavy atom. The van der Waals surface area contributed by atoms with E-state index in [1.807, 2.05) is 20.0 Å². The van der Waals surface area contributed by atoms with Gasteiger partial charge in [0.1, 0.15) is 0 Å². The maximum Gasteiger partial charge on any atom is 0.0961 e. The molecule has 1 unspecified atom stereocenters. The van der Waals surface area contributed by atoms with Crippen LogP contribution in [0.3, 0.4) is 0 Å². The maximum atomic E-state index is 8.88. The average molecular weight is 220 g/mol. The normalized spacial score (nSPS) is 12.1. The lowest BCUT2D eigenvalue weighted by atomic mass is 10.2. The second kappa shape index (κ2) is 6.49. The molecule has 0 spiro atoms. The van der Waals surface area contributed by atoms with E-state index in [1.54, 1.807) is 11.8 Å². The first-order chi connectivity index (χ1) is 7.30. The van der Waals surface area contributed by atoms with Crippen LogP contribution in [0.15, 0.2) is 29.2 Å². The summed E-state index contributed by atoms with van der Waals surface area (Å²) in [6, 6.07) is 10.6. The summed E-state index contributed by atoms with van der Waals surface area (Å²) >= 11 is 1.64. The molecule has 0 amide bonds. The number of nitriles is 1. The zero-order chi connectivity index (χ0) is 11.1. The quantitative estimate of drug-likeness (QED) is 0.775. The van der Waals surface area contributed by atoms with Crippen LogP contribution >= 0.6 is 11.8 Å². The van der Waals surface area contributed by atoms with E-state index in [2.05, 4.69) is 29.6 Å². The van der Waals surface area contributed by atoms with Crippen LogP contribution in [0.1, 0.15) is 18.9 Å². The Kier molecular flexibility index (Phi) is 5.23. The van der Waals surface area contributed by atoms with Gasteiger partial charge in [-0.15, -0.1) is 11.8 Å². The summed E-state index contributed by atoms with van der Waals surface area (Å²) in [7, 11) is 1.93. The van der Waals surface area contributed by atoms with Crippen molar-refractivity contribution in [3.63, 3.8) is 0 Å². The SMILES string of the molecule is CCC(C#N)Sc1cccc(CNC)c1. The molecule has 0 aromatic heterocycles. The number of hydrogen-bond donors (Lipinski definition) is 1. The van der Waals surface area contributed by atoms with Crippen LogP contribution in [-0.2, 0) is 6.54 Å². The van der Waals surface area contributed by atoms with E-state index in [0.717, 1.165) is 13.0 Å². The fourth-order valence-corrected chi connectivity index (χ4v) is 2.22. The largest absolute Gasteiger partial charge is 0.316 e. The van der Waals surface area contributed by atoms with E-state index >= 15 is 0 Å². The molecule has 0 aliphatic rings. The van der Waals surface area contributed by atoms with E-state index < -0.39 is 0 Å². The predicted molar refractivity (Wildman–Crippen MR) is 64.8 cm³/mol. The summed E-state index contributed by atoms with van der Waals surface area (Å²) in [5, 5.41) is 12.1. The van der Waals surface area contributed by atoms with Gasteiger partial charge in [-0.2, -0.15) is 5.26 Å². The highest BCUT2D eigenvalue weighted by atomic mass is 32.2. The van der Waals surface area contributed by atoms with Gasteiger partial charge in [-0.05, 0) is 31.2 Å². The topological polar surface area (TPSA) is 35.8 Å². The number of thioether (sulfide) groups is 1. The molecule has 0 aliphatic heterocycles. The van der Waals surface area contributed by atoms with Crippen LogP contribution in [0, 0.1) is 11.3 Å². The molecule has 2 nitrogen and oxygen atoms in total. The highest BCUT2D eigenvalue weighted by molar-refractivity contribution is 8.00.